The Morgan fingerprint density at radius 1 is 1.16 bits per heavy atom. The SMILES string of the molecule is CCc1ccc(CNC(C)c2cc(Cl)ccc2Cl)s1. The fraction of sp³-hybridized carbons (Fsp3) is 0.333. The molecular weight excluding hydrogens is 297 g/mol. The minimum atomic E-state index is 0.179. The van der Waals surface area contributed by atoms with Crippen LogP contribution in [0.3, 0.4) is 0 Å². The number of hydrogen-bond acceptors (Lipinski definition) is 2. The molecular formula is C15H17Cl2NS. The highest BCUT2D eigenvalue weighted by Gasteiger charge is 2.10. The van der Waals surface area contributed by atoms with E-state index in [1.165, 1.54) is 9.75 Å². The molecule has 0 fully saturated rings. The Bertz CT molecular complexity index is 551. The van der Waals surface area contributed by atoms with Crippen molar-refractivity contribution >= 4 is 34.5 Å². The molecule has 1 heterocycles. The molecule has 1 nitrogen and oxygen atoms in total. The maximum absolute atomic E-state index is 6.20. The zero-order valence-electron chi connectivity index (χ0n) is 11.0. The van der Waals surface area contributed by atoms with E-state index in [1.807, 2.05) is 29.5 Å². The average molecular weight is 314 g/mol. The first kappa shape index (κ1) is 14.9. The predicted octanol–water partition coefficient (Wildman–Crippen LogP) is 5.47. The van der Waals surface area contributed by atoms with Gasteiger partial charge < -0.3 is 5.32 Å². The summed E-state index contributed by atoms with van der Waals surface area (Å²) in [5, 5.41) is 4.96. The van der Waals surface area contributed by atoms with Crippen molar-refractivity contribution in [2.75, 3.05) is 0 Å². The average Bonchev–Trinajstić information content (AvgIpc) is 2.87. The van der Waals surface area contributed by atoms with E-state index in [9.17, 15) is 0 Å². The van der Waals surface area contributed by atoms with E-state index in [-0.39, 0.29) is 6.04 Å². The highest BCUT2D eigenvalue weighted by Crippen LogP contribution is 2.26. The molecule has 1 aromatic heterocycles. The highest BCUT2D eigenvalue weighted by molar-refractivity contribution is 7.11. The van der Waals surface area contributed by atoms with E-state index in [0.717, 1.165) is 28.6 Å². The molecule has 0 spiro atoms. The summed E-state index contributed by atoms with van der Waals surface area (Å²) in [5.41, 5.74) is 1.04. The quantitative estimate of drug-likeness (QED) is 0.772. The van der Waals surface area contributed by atoms with Crippen LogP contribution >= 0.6 is 34.5 Å². The fourth-order valence-electron chi connectivity index (χ4n) is 1.92. The minimum Gasteiger partial charge on any atom is -0.305 e. The third-order valence-corrected chi connectivity index (χ3v) is 4.88. The van der Waals surface area contributed by atoms with E-state index < -0.39 is 0 Å². The summed E-state index contributed by atoms with van der Waals surface area (Å²) >= 11 is 14.1. The van der Waals surface area contributed by atoms with Gasteiger partial charge in [-0.3, -0.25) is 0 Å². The van der Waals surface area contributed by atoms with Gasteiger partial charge in [-0.2, -0.15) is 0 Å². The molecule has 1 aromatic carbocycles. The molecule has 1 N–H and O–H groups in total. The number of halogens is 2. The molecule has 0 aliphatic heterocycles. The first-order valence-corrected chi connectivity index (χ1v) is 7.93. The van der Waals surface area contributed by atoms with Crippen molar-refractivity contribution in [3.63, 3.8) is 0 Å². The van der Waals surface area contributed by atoms with Gasteiger partial charge in [0, 0.05) is 32.4 Å². The third kappa shape index (κ3) is 3.96. The zero-order valence-corrected chi connectivity index (χ0v) is 13.4. The van der Waals surface area contributed by atoms with Gasteiger partial charge in [-0.1, -0.05) is 30.1 Å². The van der Waals surface area contributed by atoms with Gasteiger partial charge in [-0.05, 0) is 49.2 Å². The minimum absolute atomic E-state index is 0.179. The number of hydrogen-bond donors (Lipinski definition) is 1. The van der Waals surface area contributed by atoms with Gasteiger partial charge in [0.05, 0.1) is 0 Å². The monoisotopic (exact) mass is 313 g/mol. The number of thiophene rings is 1. The topological polar surface area (TPSA) is 12.0 Å². The van der Waals surface area contributed by atoms with E-state index in [2.05, 4.69) is 31.3 Å². The lowest BCUT2D eigenvalue weighted by Gasteiger charge is -2.15. The molecule has 2 rings (SSSR count). The van der Waals surface area contributed by atoms with Gasteiger partial charge in [-0.25, -0.2) is 0 Å². The Labute approximate surface area is 128 Å². The summed E-state index contributed by atoms with van der Waals surface area (Å²) in [6, 6.07) is 10.1. The zero-order chi connectivity index (χ0) is 13.8. The standard InChI is InChI=1S/C15H17Cl2NS/c1-3-12-5-6-13(19-12)9-18-10(2)14-8-11(16)4-7-15(14)17/h4-8,10,18H,3,9H2,1-2H3. The Kier molecular flexibility index (Phi) is 5.28. The number of nitrogens with one attached hydrogen (secondary N) is 1. The molecule has 0 bridgehead atoms. The molecule has 102 valence electrons. The second-order valence-electron chi connectivity index (χ2n) is 4.49. The van der Waals surface area contributed by atoms with Crippen molar-refractivity contribution in [2.24, 2.45) is 0 Å². The normalized spacial score (nSPS) is 12.6. The molecule has 1 atom stereocenters. The first-order chi connectivity index (χ1) is 9.10. The number of rotatable bonds is 5. The summed E-state index contributed by atoms with van der Waals surface area (Å²) in [6.45, 7) is 5.14. The predicted molar refractivity (Wildman–Crippen MR) is 85.4 cm³/mol. The molecule has 4 heteroatoms. The first-order valence-electron chi connectivity index (χ1n) is 6.36. The van der Waals surface area contributed by atoms with Crippen LogP contribution in [0.25, 0.3) is 0 Å². The summed E-state index contributed by atoms with van der Waals surface area (Å²) in [4.78, 5) is 2.77. The Morgan fingerprint density at radius 2 is 1.89 bits per heavy atom. The van der Waals surface area contributed by atoms with E-state index in [0.29, 0.717) is 0 Å². The molecule has 1 unspecified atom stereocenters. The molecule has 2 aromatic rings. The number of aryl methyl sites for hydroxylation is 1. The van der Waals surface area contributed by atoms with Crippen molar-refractivity contribution in [1.29, 1.82) is 0 Å². The van der Waals surface area contributed by atoms with Crippen LogP contribution in [0, 0.1) is 0 Å². The van der Waals surface area contributed by atoms with Crippen LogP contribution in [0.1, 0.15) is 35.2 Å². The number of benzene rings is 1. The molecule has 0 amide bonds. The lowest BCUT2D eigenvalue weighted by Crippen LogP contribution is -2.17. The van der Waals surface area contributed by atoms with Crippen LogP contribution in [-0.2, 0) is 13.0 Å². The lowest BCUT2D eigenvalue weighted by molar-refractivity contribution is 0.579. The lowest BCUT2D eigenvalue weighted by atomic mass is 10.1. The fourth-order valence-corrected chi connectivity index (χ4v) is 3.29. The molecule has 0 saturated carbocycles. The van der Waals surface area contributed by atoms with Gasteiger partial charge >= 0.3 is 0 Å². The summed E-state index contributed by atoms with van der Waals surface area (Å²) in [5.74, 6) is 0. The van der Waals surface area contributed by atoms with Crippen LogP contribution in [0.15, 0.2) is 30.3 Å². The summed E-state index contributed by atoms with van der Waals surface area (Å²) in [6.07, 6.45) is 1.10. The summed E-state index contributed by atoms with van der Waals surface area (Å²) < 4.78 is 0. The maximum atomic E-state index is 6.20. The van der Waals surface area contributed by atoms with E-state index in [4.69, 9.17) is 23.2 Å². The smallest absolute Gasteiger partial charge is 0.0454 e. The Balaban J connectivity index is 2.00. The second-order valence-corrected chi connectivity index (χ2v) is 6.59. The largest absolute Gasteiger partial charge is 0.305 e. The van der Waals surface area contributed by atoms with Gasteiger partial charge in [0.25, 0.3) is 0 Å². The highest BCUT2D eigenvalue weighted by atomic mass is 35.5. The van der Waals surface area contributed by atoms with Crippen molar-refractivity contribution in [3.05, 3.63) is 55.7 Å². The molecule has 19 heavy (non-hydrogen) atoms. The molecule has 0 saturated heterocycles. The van der Waals surface area contributed by atoms with Gasteiger partial charge in [0.15, 0.2) is 0 Å². The van der Waals surface area contributed by atoms with E-state index in [1.54, 1.807) is 0 Å². The van der Waals surface area contributed by atoms with E-state index >= 15 is 0 Å². The van der Waals surface area contributed by atoms with Crippen LogP contribution in [-0.4, -0.2) is 0 Å². The van der Waals surface area contributed by atoms with Gasteiger partial charge in [0.1, 0.15) is 0 Å². The van der Waals surface area contributed by atoms with Crippen LogP contribution in [0.5, 0.6) is 0 Å². The second kappa shape index (κ2) is 6.76. The molecule has 0 aliphatic rings. The van der Waals surface area contributed by atoms with Crippen molar-refractivity contribution in [1.82, 2.24) is 5.32 Å². The Hall–Kier alpha value is -0.540. The van der Waals surface area contributed by atoms with Crippen molar-refractivity contribution in [2.45, 2.75) is 32.9 Å². The van der Waals surface area contributed by atoms with Crippen LogP contribution < -0.4 is 5.32 Å². The van der Waals surface area contributed by atoms with Crippen LogP contribution in [0.4, 0.5) is 0 Å². The van der Waals surface area contributed by atoms with Gasteiger partial charge in [0.2, 0.25) is 0 Å². The third-order valence-electron chi connectivity index (χ3n) is 3.07. The summed E-state index contributed by atoms with van der Waals surface area (Å²) in [7, 11) is 0. The molecule has 0 aliphatic carbocycles. The van der Waals surface area contributed by atoms with Gasteiger partial charge in [-0.15, -0.1) is 11.3 Å². The van der Waals surface area contributed by atoms with Crippen molar-refractivity contribution in [3.8, 4) is 0 Å². The maximum Gasteiger partial charge on any atom is 0.0454 e. The Morgan fingerprint density at radius 3 is 2.58 bits per heavy atom. The molecule has 0 radical (unpaired) electrons. The van der Waals surface area contributed by atoms with Crippen LogP contribution in [0.2, 0.25) is 10.0 Å². The van der Waals surface area contributed by atoms with Crippen molar-refractivity contribution < 1.29 is 0 Å².